The van der Waals surface area contributed by atoms with Gasteiger partial charge in [0.15, 0.2) is 17.4 Å². The third-order valence-corrected chi connectivity index (χ3v) is 4.63. The van der Waals surface area contributed by atoms with Gasteiger partial charge in [0.2, 0.25) is 0 Å². The van der Waals surface area contributed by atoms with E-state index in [1.807, 2.05) is 50.2 Å². The number of hydrogen-bond acceptors (Lipinski definition) is 5. The maximum atomic E-state index is 12.4. The molecule has 30 heavy (non-hydrogen) atoms. The smallest absolute Gasteiger partial charge is 0.331 e. The van der Waals surface area contributed by atoms with Crippen molar-refractivity contribution in [2.45, 2.75) is 32.8 Å². The Kier molecular flexibility index (Phi) is 6.57. The fourth-order valence-corrected chi connectivity index (χ4v) is 3.07. The molecule has 3 rings (SSSR count). The zero-order valence-electron chi connectivity index (χ0n) is 17.5. The van der Waals surface area contributed by atoms with Crippen LogP contribution < -0.4 is 10.1 Å². The maximum absolute atomic E-state index is 12.4. The molecule has 6 heteroatoms. The van der Waals surface area contributed by atoms with Crippen LogP contribution in [0, 0.1) is 0 Å². The van der Waals surface area contributed by atoms with E-state index in [1.54, 1.807) is 19.2 Å². The van der Waals surface area contributed by atoms with E-state index in [-0.39, 0.29) is 5.92 Å². The average molecular weight is 407 g/mol. The molecule has 2 aromatic carbocycles. The highest BCUT2D eigenvalue weighted by Crippen LogP contribution is 2.29. The van der Waals surface area contributed by atoms with Crippen molar-refractivity contribution >= 4 is 34.6 Å². The van der Waals surface area contributed by atoms with Crippen molar-refractivity contribution in [3.05, 3.63) is 65.9 Å². The molecule has 6 nitrogen and oxygen atoms in total. The van der Waals surface area contributed by atoms with Crippen LogP contribution in [0.4, 0.5) is 5.69 Å². The lowest BCUT2D eigenvalue weighted by molar-refractivity contribution is -0.148. The SMILES string of the molecule is COc1cccc2cc(/C=C/C(=O)OC(C)C(=O)Nc3ccccc3C(C)C)oc12. The Morgan fingerprint density at radius 3 is 2.57 bits per heavy atom. The second-order valence-corrected chi connectivity index (χ2v) is 7.17. The number of fused-ring (bicyclic) bond motifs is 1. The molecule has 0 aliphatic rings. The summed E-state index contributed by atoms with van der Waals surface area (Å²) >= 11 is 0. The molecule has 0 saturated carbocycles. The van der Waals surface area contributed by atoms with E-state index < -0.39 is 18.0 Å². The first-order valence-corrected chi connectivity index (χ1v) is 9.74. The number of nitrogens with one attached hydrogen (secondary N) is 1. The van der Waals surface area contributed by atoms with Gasteiger partial charge in [0.05, 0.1) is 7.11 Å². The second kappa shape index (κ2) is 9.31. The highest BCUT2D eigenvalue weighted by molar-refractivity contribution is 5.97. The minimum absolute atomic E-state index is 0.254. The quantitative estimate of drug-likeness (QED) is 0.433. The lowest BCUT2D eigenvalue weighted by atomic mass is 10.0. The van der Waals surface area contributed by atoms with Gasteiger partial charge in [-0.25, -0.2) is 4.79 Å². The predicted octanol–water partition coefficient (Wildman–Crippen LogP) is 5.15. The minimum Gasteiger partial charge on any atom is -0.493 e. The van der Waals surface area contributed by atoms with Crippen molar-refractivity contribution in [1.82, 2.24) is 0 Å². The molecule has 1 unspecified atom stereocenters. The molecule has 1 atom stereocenters. The summed E-state index contributed by atoms with van der Waals surface area (Å²) in [6.07, 6.45) is 1.79. The zero-order valence-corrected chi connectivity index (χ0v) is 17.5. The van der Waals surface area contributed by atoms with E-state index in [2.05, 4.69) is 5.32 Å². The second-order valence-electron chi connectivity index (χ2n) is 7.17. The number of carbonyl (C=O) groups excluding carboxylic acids is 2. The Hall–Kier alpha value is -3.54. The highest BCUT2D eigenvalue weighted by Gasteiger charge is 2.18. The molecular weight excluding hydrogens is 382 g/mol. The highest BCUT2D eigenvalue weighted by atomic mass is 16.5. The van der Waals surface area contributed by atoms with Gasteiger partial charge in [-0.15, -0.1) is 0 Å². The van der Waals surface area contributed by atoms with Gasteiger partial charge >= 0.3 is 5.97 Å². The van der Waals surface area contributed by atoms with E-state index in [0.29, 0.717) is 22.8 Å². The van der Waals surface area contributed by atoms with E-state index in [0.717, 1.165) is 10.9 Å². The Bertz CT molecular complexity index is 1080. The number of amides is 1. The van der Waals surface area contributed by atoms with Gasteiger partial charge in [-0.1, -0.05) is 44.2 Å². The fourth-order valence-electron chi connectivity index (χ4n) is 3.07. The number of furan rings is 1. The van der Waals surface area contributed by atoms with Crippen LogP contribution in [0.1, 0.15) is 38.0 Å². The third kappa shape index (κ3) is 4.89. The largest absolute Gasteiger partial charge is 0.493 e. The van der Waals surface area contributed by atoms with Crippen LogP contribution in [0.2, 0.25) is 0 Å². The zero-order chi connectivity index (χ0) is 21.7. The van der Waals surface area contributed by atoms with Crippen LogP contribution in [-0.2, 0) is 14.3 Å². The van der Waals surface area contributed by atoms with Crippen LogP contribution in [0.15, 0.2) is 59.0 Å². The fraction of sp³-hybridized carbons (Fsp3) is 0.250. The summed E-state index contributed by atoms with van der Waals surface area (Å²) in [5.41, 5.74) is 2.33. The molecule has 1 heterocycles. The number of hydrogen-bond donors (Lipinski definition) is 1. The van der Waals surface area contributed by atoms with Crippen LogP contribution >= 0.6 is 0 Å². The minimum atomic E-state index is -0.946. The monoisotopic (exact) mass is 407 g/mol. The molecule has 0 aliphatic heterocycles. The van der Waals surface area contributed by atoms with Gasteiger partial charge in [-0.3, -0.25) is 4.79 Å². The molecule has 0 spiro atoms. The molecule has 1 amide bonds. The van der Waals surface area contributed by atoms with Crippen molar-refractivity contribution in [3.63, 3.8) is 0 Å². The number of ether oxygens (including phenoxy) is 2. The summed E-state index contributed by atoms with van der Waals surface area (Å²) in [4.78, 5) is 24.6. The first kappa shape index (κ1) is 21.2. The number of carbonyl (C=O) groups is 2. The van der Waals surface area contributed by atoms with Crippen molar-refractivity contribution in [2.75, 3.05) is 12.4 Å². The summed E-state index contributed by atoms with van der Waals surface area (Å²) in [6.45, 7) is 5.63. The summed E-state index contributed by atoms with van der Waals surface area (Å²) in [7, 11) is 1.57. The van der Waals surface area contributed by atoms with Crippen LogP contribution in [0.25, 0.3) is 17.0 Å². The lowest BCUT2D eigenvalue weighted by Gasteiger charge is -2.16. The van der Waals surface area contributed by atoms with E-state index >= 15 is 0 Å². The lowest BCUT2D eigenvalue weighted by Crippen LogP contribution is -2.29. The summed E-state index contributed by atoms with van der Waals surface area (Å²) in [5, 5.41) is 3.69. The summed E-state index contributed by atoms with van der Waals surface area (Å²) < 4.78 is 16.2. The molecule has 1 aromatic heterocycles. The Morgan fingerprint density at radius 1 is 1.07 bits per heavy atom. The van der Waals surface area contributed by atoms with Gasteiger partial charge in [-0.05, 0) is 42.7 Å². The van der Waals surface area contributed by atoms with Gasteiger partial charge in [-0.2, -0.15) is 0 Å². The van der Waals surface area contributed by atoms with Crippen LogP contribution in [-0.4, -0.2) is 25.1 Å². The Labute approximate surface area is 175 Å². The van der Waals surface area contributed by atoms with E-state index in [1.165, 1.54) is 19.1 Å². The number of anilines is 1. The number of para-hydroxylation sites is 2. The Morgan fingerprint density at radius 2 is 1.83 bits per heavy atom. The molecular formula is C24H25NO5. The van der Waals surface area contributed by atoms with Gasteiger partial charge in [0.25, 0.3) is 5.91 Å². The number of rotatable bonds is 7. The van der Waals surface area contributed by atoms with Crippen LogP contribution in [0.3, 0.4) is 0 Å². The standard InChI is InChI=1S/C24H25NO5/c1-15(2)19-9-5-6-10-20(19)25-24(27)16(3)29-22(26)13-12-18-14-17-8-7-11-21(28-4)23(17)30-18/h5-16H,1-4H3,(H,25,27)/b13-12+. The predicted molar refractivity (Wildman–Crippen MR) is 117 cm³/mol. The van der Waals surface area contributed by atoms with Crippen molar-refractivity contribution < 1.29 is 23.5 Å². The number of benzene rings is 2. The maximum Gasteiger partial charge on any atom is 0.331 e. The number of esters is 1. The average Bonchev–Trinajstić information content (AvgIpc) is 3.15. The molecule has 0 fully saturated rings. The Balaban J connectivity index is 1.62. The molecule has 0 saturated heterocycles. The van der Waals surface area contributed by atoms with E-state index in [4.69, 9.17) is 13.9 Å². The van der Waals surface area contributed by atoms with Gasteiger partial charge in [0.1, 0.15) is 5.76 Å². The topological polar surface area (TPSA) is 77.8 Å². The molecule has 0 radical (unpaired) electrons. The van der Waals surface area contributed by atoms with Crippen LogP contribution in [0.5, 0.6) is 5.75 Å². The van der Waals surface area contributed by atoms with Crippen molar-refractivity contribution in [1.29, 1.82) is 0 Å². The van der Waals surface area contributed by atoms with Gasteiger partial charge < -0.3 is 19.2 Å². The molecule has 3 aromatic rings. The normalized spacial score (nSPS) is 12.3. The van der Waals surface area contributed by atoms with Gasteiger partial charge in [0, 0.05) is 17.1 Å². The molecule has 0 aliphatic carbocycles. The first-order valence-electron chi connectivity index (χ1n) is 9.74. The van der Waals surface area contributed by atoms with Crippen molar-refractivity contribution in [2.24, 2.45) is 0 Å². The molecule has 0 bridgehead atoms. The first-order chi connectivity index (χ1) is 14.4. The molecule has 1 N–H and O–H groups in total. The number of methoxy groups -OCH3 is 1. The summed E-state index contributed by atoms with van der Waals surface area (Å²) in [6, 6.07) is 14.9. The molecule has 156 valence electrons. The van der Waals surface area contributed by atoms with Crippen molar-refractivity contribution in [3.8, 4) is 5.75 Å². The third-order valence-electron chi connectivity index (χ3n) is 4.63. The van der Waals surface area contributed by atoms with E-state index in [9.17, 15) is 9.59 Å². The summed E-state index contributed by atoms with van der Waals surface area (Å²) in [5.74, 6) is 0.321.